The number of rotatable bonds is 7. The zero-order valence-corrected chi connectivity index (χ0v) is 16.2. The molecule has 1 amide bonds. The molecule has 2 rings (SSSR count). The van der Waals surface area contributed by atoms with Gasteiger partial charge in [0.25, 0.3) is 5.69 Å². The van der Waals surface area contributed by atoms with Crippen LogP contribution in [0.5, 0.6) is 0 Å². The number of nitrogens with zero attached hydrogens (tertiary/aromatic N) is 1. The number of para-hydroxylation sites is 1. The maximum Gasteiger partial charge on any atom is 0.308 e. The number of carbonyl (C=O) groups is 2. The Labute approximate surface area is 164 Å². The summed E-state index contributed by atoms with van der Waals surface area (Å²) in [7, 11) is 0. The molecule has 150 valence electrons. The van der Waals surface area contributed by atoms with Gasteiger partial charge in [0.2, 0.25) is 5.91 Å². The van der Waals surface area contributed by atoms with Gasteiger partial charge in [-0.15, -0.1) is 12.4 Å². The normalized spacial score (nSPS) is 19.9. The first kappa shape index (κ1) is 22.9. The molecule has 1 aliphatic rings. The van der Waals surface area contributed by atoms with Crippen LogP contribution < -0.4 is 11.1 Å². The van der Waals surface area contributed by atoms with Gasteiger partial charge in [-0.25, -0.2) is 0 Å². The second kappa shape index (κ2) is 10.2. The number of nitrogens with one attached hydrogen (secondary N) is 1. The Bertz CT molecular complexity index is 683. The molecular weight excluding hydrogens is 374 g/mol. The average Bonchev–Trinajstić information content (AvgIpc) is 3.00. The second-order valence-electron chi connectivity index (χ2n) is 6.89. The highest BCUT2D eigenvalue weighted by Gasteiger charge is 2.32. The maximum absolute atomic E-state index is 12.6. The van der Waals surface area contributed by atoms with Gasteiger partial charge in [-0.2, -0.15) is 0 Å². The summed E-state index contributed by atoms with van der Waals surface area (Å²) in [5.41, 5.74) is 6.01. The molecule has 1 aromatic rings. The topological polar surface area (TPSA) is 125 Å². The van der Waals surface area contributed by atoms with Gasteiger partial charge in [0.05, 0.1) is 29.1 Å². The third-order valence-electron chi connectivity index (χ3n) is 4.41. The summed E-state index contributed by atoms with van der Waals surface area (Å²) < 4.78 is 5.15. The minimum absolute atomic E-state index is 0. The quantitative estimate of drug-likeness (QED) is 0.412. The minimum atomic E-state index is -0.827. The Balaban J connectivity index is 0.00000364. The Morgan fingerprint density at radius 2 is 2.00 bits per heavy atom. The summed E-state index contributed by atoms with van der Waals surface area (Å²) in [4.78, 5) is 35.5. The van der Waals surface area contributed by atoms with Crippen LogP contribution in [0.4, 0.5) is 5.69 Å². The van der Waals surface area contributed by atoms with Crippen molar-refractivity contribution in [3.8, 4) is 0 Å². The van der Waals surface area contributed by atoms with Crippen LogP contribution in [0.1, 0.15) is 51.1 Å². The fraction of sp³-hybridized carbons (Fsp3) is 0.556. The number of benzene rings is 1. The molecular formula is C18H26ClN3O5. The van der Waals surface area contributed by atoms with E-state index in [1.807, 2.05) is 0 Å². The van der Waals surface area contributed by atoms with E-state index in [1.54, 1.807) is 32.0 Å². The number of amides is 1. The van der Waals surface area contributed by atoms with Crippen LogP contribution in [0.15, 0.2) is 24.3 Å². The van der Waals surface area contributed by atoms with Crippen LogP contribution in [-0.2, 0) is 14.3 Å². The van der Waals surface area contributed by atoms with Crippen molar-refractivity contribution >= 4 is 30.0 Å². The lowest BCUT2D eigenvalue weighted by Gasteiger charge is -2.21. The van der Waals surface area contributed by atoms with E-state index >= 15 is 0 Å². The van der Waals surface area contributed by atoms with Crippen molar-refractivity contribution in [1.82, 2.24) is 5.32 Å². The molecule has 0 bridgehead atoms. The van der Waals surface area contributed by atoms with E-state index in [2.05, 4.69) is 5.32 Å². The Morgan fingerprint density at radius 1 is 1.33 bits per heavy atom. The van der Waals surface area contributed by atoms with Crippen LogP contribution in [0.3, 0.4) is 0 Å². The molecule has 27 heavy (non-hydrogen) atoms. The van der Waals surface area contributed by atoms with Crippen LogP contribution in [-0.4, -0.2) is 28.9 Å². The van der Waals surface area contributed by atoms with Gasteiger partial charge in [0, 0.05) is 18.0 Å². The monoisotopic (exact) mass is 399 g/mol. The van der Waals surface area contributed by atoms with Crippen molar-refractivity contribution in [2.75, 3.05) is 0 Å². The van der Waals surface area contributed by atoms with Gasteiger partial charge < -0.3 is 15.8 Å². The molecule has 0 spiro atoms. The lowest BCUT2D eigenvalue weighted by molar-refractivity contribution is -0.385. The van der Waals surface area contributed by atoms with E-state index in [4.69, 9.17) is 10.5 Å². The molecule has 0 aromatic heterocycles. The number of hydrogen-bond acceptors (Lipinski definition) is 6. The molecule has 1 fully saturated rings. The molecule has 0 radical (unpaired) electrons. The lowest BCUT2D eigenvalue weighted by atomic mass is 9.99. The molecule has 0 aliphatic heterocycles. The molecule has 0 saturated heterocycles. The average molecular weight is 400 g/mol. The maximum atomic E-state index is 12.6. The minimum Gasteiger partial charge on any atom is -0.463 e. The van der Waals surface area contributed by atoms with E-state index in [0.717, 1.165) is 6.42 Å². The van der Waals surface area contributed by atoms with Crippen LogP contribution in [0.2, 0.25) is 0 Å². The molecule has 3 N–H and O–H groups in total. The van der Waals surface area contributed by atoms with Crippen molar-refractivity contribution in [1.29, 1.82) is 0 Å². The zero-order chi connectivity index (χ0) is 19.3. The van der Waals surface area contributed by atoms with Crippen molar-refractivity contribution in [3.05, 3.63) is 39.9 Å². The van der Waals surface area contributed by atoms with Crippen molar-refractivity contribution in [3.63, 3.8) is 0 Å². The number of ether oxygens (including phenoxy) is 1. The number of hydrogen-bond donors (Lipinski definition) is 2. The number of halogens is 1. The number of esters is 1. The number of nitro groups is 1. The lowest BCUT2D eigenvalue weighted by Crippen LogP contribution is -2.35. The summed E-state index contributed by atoms with van der Waals surface area (Å²) in [6.07, 6.45) is 1.54. The third-order valence-corrected chi connectivity index (χ3v) is 4.41. The van der Waals surface area contributed by atoms with Gasteiger partial charge in [-0.05, 0) is 33.1 Å². The second-order valence-corrected chi connectivity index (χ2v) is 6.89. The fourth-order valence-corrected chi connectivity index (χ4v) is 3.21. The van der Waals surface area contributed by atoms with E-state index in [0.29, 0.717) is 12.8 Å². The molecule has 9 heteroatoms. The predicted octanol–water partition coefficient (Wildman–Crippen LogP) is 2.64. The summed E-state index contributed by atoms with van der Waals surface area (Å²) in [6, 6.07) is 5.25. The highest BCUT2D eigenvalue weighted by molar-refractivity contribution is 5.85. The standard InChI is InChI=1S/C18H25N3O5.ClH/c1-11(2)26-17(22)10-15(14-5-3-4-6-16(14)21(24)25)20-18(23)12-7-8-13(19)9-12;/h3-6,11-13,15H,7-10,19H2,1-2H3,(H,20,23);1H. The predicted molar refractivity (Wildman–Crippen MR) is 102 cm³/mol. The molecule has 8 nitrogen and oxygen atoms in total. The van der Waals surface area contributed by atoms with Gasteiger partial charge >= 0.3 is 5.97 Å². The van der Waals surface area contributed by atoms with E-state index in [9.17, 15) is 19.7 Å². The highest BCUT2D eigenvalue weighted by Crippen LogP contribution is 2.30. The van der Waals surface area contributed by atoms with Crippen LogP contribution in [0.25, 0.3) is 0 Å². The summed E-state index contributed by atoms with van der Waals surface area (Å²) in [5.74, 6) is -0.999. The first-order chi connectivity index (χ1) is 12.3. The van der Waals surface area contributed by atoms with Crippen LogP contribution >= 0.6 is 12.4 Å². The van der Waals surface area contributed by atoms with E-state index < -0.39 is 16.9 Å². The van der Waals surface area contributed by atoms with Gasteiger partial charge in [-0.1, -0.05) is 18.2 Å². The first-order valence-corrected chi connectivity index (χ1v) is 8.76. The summed E-state index contributed by atoms with van der Waals surface area (Å²) in [6.45, 7) is 3.44. The smallest absolute Gasteiger partial charge is 0.308 e. The third kappa shape index (κ3) is 6.48. The van der Waals surface area contributed by atoms with E-state index in [1.165, 1.54) is 6.07 Å². The van der Waals surface area contributed by atoms with Crippen molar-refractivity contribution in [2.24, 2.45) is 11.7 Å². The Kier molecular flexibility index (Phi) is 8.65. The highest BCUT2D eigenvalue weighted by atomic mass is 35.5. The number of nitro benzene ring substituents is 1. The molecule has 1 aliphatic carbocycles. The largest absolute Gasteiger partial charge is 0.463 e. The zero-order valence-electron chi connectivity index (χ0n) is 15.4. The van der Waals surface area contributed by atoms with Gasteiger partial charge in [-0.3, -0.25) is 19.7 Å². The van der Waals surface area contributed by atoms with Crippen LogP contribution in [0, 0.1) is 16.0 Å². The van der Waals surface area contributed by atoms with Crippen molar-refractivity contribution in [2.45, 2.75) is 57.7 Å². The van der Waals surface area contributed by atoms with E-state index in [-0.39, 0.29) is 54.0 Å². The molecule has 3 unspecified atom stereocenters. The number of carbonyl (C=O) groups excluding carboxylic acids is 2. The molecule has 1 saturated carbocycles. The summed E-state index contributed by atoms with van der Waals surface area (Å²) >= 11 is 0. The van der Waals surface area contributed by atoms with Gasteiger partial charge in [0.15, 0.2) is 0 Å². The number of nitrogens with two attached hydrogens (primary N) is 1. The summed E-state index contributed by atoms with van der Waals surface area (Å²) in [5, 5.41) is 14.1. The van der Waals surface area contributed by atoms with Crippen molar-refractivity contribution < 1.29 is 19.2 Å². The Hall–Kier alpha value is -2.19. The van der Waals surface area contributed by atoms with Gasteiger partial charge in [0.1, 0.15) is 0 Å². The Morgan fingerprint density at radius 3 is 2.56 bits per heavy atom. The molecule has 3 atom stereocenters. The SMILES string of the molecule is CC(C)OC(=O)CC(NC(=O)C1CCC(N)C1)c1ccccc1[N+](=O)[O-].Cl. The molecule has 0 heterocycles. The molecule has 1 aromatic carbocycles. The first-order valence-electron chi connectivity index (χ1n) is 8.76. The fourth-order valence-electron chi connectivity index (χ4n) is 3.21.